The van der Waals surface area contributed by atoms with Gasteiger partial charge in [0.05, 0.1) is 11.1 Å². The van der Waals surface area contributed by atoms with Gasteiger partial charge in [-0.2, -0.15) is 17.6 Å². The van der Waals surface area contributed by atoms with Crippen LogP contribution in [0, 0.1) is 0 Å². The van der Waals surface area contributed by atoms with Gasteiger partial charge in [0.15, 0.2) is 0 Å². The van der Waals surface area contributed by atoms with Crippen molar-refractivity contribution in [3.8, 4) is 0 Å². The Morgan fingerprint density at radius 2 is 1.41 bits per heavy atom. The zero-order valence-corrected chi connectivity index (χ0v) is 10.5. The molecular weight excluding hydrogens is 367 g/mol. The van der Waals surface area contributed by atoms with E-state index in [9.17, 15) is 22.4 Å². The Labute approximate surface area is 109 Å². The molecule has 0 atom stereocenters. The summed E-state index contributed by atoms with van der Waals surface area (Å²) in [5.41, 5.74) is -2.20. The van der Waals surface area contributed by atoms with Crippen LogP contribution in [0.25, 0.3) is 0 Å². The van der Waals surface area contributed by atoms with E-state index in [1.165, 1.54) is 6.07 Å². The molecule has 0 spiro atoms. The standard InChI is InChI=1S/C8H4F4O.3FH.Sb/c9-7(13)5-3-1-2-4-6(5)8(10,11)12;;;;/h1-4H;3*1H;. The minimum Gasteiger partial charge on any atom is -0.269 e. The van der Waals surface area contributed by atoms with E-state index >= 15 is 0 Å². The predicted molar refractivity (Wildman–Crippen MR) is 50.1 cm³/mol. The van der Waals surface area contributed by atoms with Gasteiger partial charge in [-0.1, -0.05) is 12.1 Å². The largest absolute Gasteiger partial charge is 0.417 e. The minimum absolute atomic E-state index is 0. The monoisotopic (exact) mass is 373 g/mol. The number of rotatable bonds is 1. The molecule has 0 heterocycles. The topological polar surface area (TPSA) is 17.1 Å². The molecule has 1 rings (SSSR count). The predicted octanol–water partition coefficient (Wildman–Crippen LogP) is 2.89. The van der Waals surface area contributed by atoms with Crippen molar-refractivity contribution in [3.05, 3.63) is 35.4 Å². The Morgan fingerprint density at radius 1 is 1.00 bits per heavy atom. The SMILES string of the molecule is F.F.F.O=C(F)c1ccccc1C(F)(F)F.[Sb]. The summed E-state index contributed by atoms with van der Waals surface area (Å²) in [7, 11) is 0. The number of hydrogen-bond donors (Lipinski definition) is 0. The second-order valence-electron chi connectivity index (χ2n) is 2.32. The van der Waals surface area contributed by atoms with Gasteiger partial charge >= 0.3 is 12.2 Å². The second kappa shape index (κ2) is 9.27. The van der Waals surface area contributed by atoms with Crippen molar-refractivity contribution in [2.45, 2.75) is 6.18 Å². The van der Waals surface area contributed by atoms with E-state index in [1.54, 1.807) is 0 Å². The number of carbonyl (C=O) groups excluding carboxylic acids is 1. The maximum Gasteiger partial charge on any atom is 0.417 e. The van der Waals surface area contributed by atoms with Gasteiger partial charge in [0, 0.05) is 24.4 Å². The van der Waals surface area contributed by atoms with Crippen molar-refractivity contribution in [3.63, 3.8) is 0 Å². The summed E-state index contributed by atoms with van der Waals surface area (Å²) in [5, 5.41) is 0. The van der Waals surface area contributed by atoms with E-state index in [-0.39, 0.29) is 38.5 Å². The zero-order chi connectivity index (χ0) is 10.1. The van der Waals surface area contributed by atoms with Crippen LogP contribution in [0.2, 0.25) is 0 Å². The summed E-state index contributed by atoms with van der Waals surface area (Å²) in [5.74, 6) is 0. The van der Waals surface area contributed by atoms with Crippen LogP contribution in [0.3, 0.4) is 0 Å². The summed E-state index contributed by atoms with van der Waals surface area (Å²) in [4.78, 5) is 10.1. The Hall–Kier alpha value is -0.782. The third kappa shape index (κ3) is 6.50. The average Bonchev–Trinajstić information content (AvgIpc) is 2.03. The maximum absolute atomic E-state index is 12.1. The molecule has 0 unspecified atom stereocenters. The fraction of sp³-hybridized carbons (Fsp3) is 0.125. The first kappa shape index (κ1) is 25.2. The fourth-order valence-electron chi connectivity index (χ4n) is 0.902. The Bertz CT molecular complexity index is 339. The van der Waals surface area contributed by atoms with Crippen molar-refractivity contribution >= 4 is 30.5 Å². The van der Waals surface area contributed by atoms with E-state index < -0.39 is 23.3 Å². The minimum atomic E-state index is -4.70. The first-order valence-electron chi connectivity index (χ1n) is 3.29. The van der Waals surface area contributed by atoms with Crippen molar-refractivity contribution in [2.24, 2.45) is 0 Å². The van der Waals surface area contributed by atoms with E-state index in [1.807, 2.05) is 0 Å². The molecule has 0 amide bonds. The molecule has 3 radical (unpaired) electrons. The van der Waals surface area contributed by atoms with Crippen molar-refractivity contribution in [1.29, 1.82) is 0 Å². The summed E-state index contributed by atoms with van der Waals surface area (Å²) in [6.07, 6.45) is -4.70. The molecule has 0 fully saturated rings. The number of benzene rings is 1. The summed E-state index contributed by atoms with van der Waals surface area (Å²) < 4.78 is 48.4. The molecule has 1 aromatic rings. The molecule has 17 heavy (non-hydrogen) atoms. The Kier molecular flexibility index (Phi) is 13.7. The molecule has 0 aliphatic carbocycles. The maximum atomic E-state index is 12.1. The van der Waals surface area contributed by atoms with Crippen LogP contribution < -0.4 is 0 Å². The smallest absolute Gasteiger partial charge is 0.269 e. The molecular formula is C8H7F7OSb. The van der Waals surface area contributed by atoms with Gasteiger partial charge in [0.25, 0.3) is 0 Å². The van der Waals surface area contributed by atoms with Gasteiger partial charge < -0.3 is 0 Å². The molecule has 0 aliphatic heterocycles. The molecule has 0 bridgehead atoms. The summed E-state index contributed by atoms with van der Waals surface area (Å²) in [6.45, 7) is 0. The van der Waals surface area contributed by atoms with E-state index in [4.69, 9.17) is 0 Å². The van der Waals surface area contributed by atoms with Crippen LogP contribution in [0.1, 0.15) is 15.9 Å². The van der Waals surface area contributed by atoms with Crippen molar-refractivity contribution in [2.75, 3.05) is 0 Å². The van der Waals surface area contributed by atoms with Gasteiger partial charge in [-0.3, -0.25) is 18.9 Å². The van der Waals surface area contributed by atoms with Gasteiger partial charge in [0.1, 0.15) is 0 Å². The van der Waals surface area contributed by atoms with E-state index in [0.717, 1.165) is 12.1 Å². The molecule has 99 valence electrons. The molecule has 0 aromatic heterocycles. The molecule has 0 N–H and O–H groups in total. The molecule has 0 aliphatic rings. The molecule has 0 saturated carbocycles. The molecule has 0 saturated heterocycles. The van der Waals surface area contributed by atoms with E-state index in [2.05, 4.69) is 0 Å². The van der Waals surface area contributed by atoms with Crippen LogP contribution in [0.4, 0.5) is 31.7 Å². The Balaban J connectivity index is -0.000000211. The van der Waals surface area contributed by atoms with Crippen LogP contribution in [0.5, 0.6) is 0 Å². The van der Waals surface area contributed by atoms with Crippen LogP contribution in [-0.4, -0.2) is 30.5 Å². The number of halogens is 7. The van der Waals surface area contributed by atoms with Crippen LogP contribution in [0.15, 0.2) is 24.3 Å². The second-order valence-corrected chi connectivity index (χ2v) is 2.32. The van der Waals surface area contributed by atoms with Crippen LogP contribution >= 0.6 is 0 Å². The molecule has 1 nitrogen and oxygen atoms in total. The van der Waals surface area contributed by atoms with Gasteiger partial charge in [-0.05, 0) is 12.1 Å². The van der Waals surface area contributed by atoms with E-state index in [0.29, 0.717) is 6.07 Å². The molecule has 9 heteroatoms. The summed E-state index contributed by atoms with van der Waals surface area (Å²) >= 11 is 0. The first-order valence-corrected chi connectivity index (χ1v) is 3.29. The number of alkyl halides is 3. The van der Waals surface area contributed by atoms with Gasteiger partial charge in [-0.25, -0.2) is 0 Å². The van der Waals surface area contributed by atoms with Crippen molar-refractivity contribution < 1.29 is 36.5 Å². The third-order valence-corrected chi connectivity index (χ3v) is 1.44. The normalized spacial score (nSPS) is 8.71. The quantitative estimate of drug-likeness (QED) is 0.420. The zero-order valence-electron chi connectivity index (χ0n) is 7.90. The average molecular weight is 374 g/mol. The molecule has 1 aromatic carbocycles. The summed E-state index contributed by atoms with van der Waals surface area (Å²) in [6, 6.07) is 1.64. The number of hydrogen-bond acceptors (Lipinski definition) is 1. The number of carbonyl (C=O) groups is 1. The van der Waals surface area contributed by atoms with Crippen molar-refractivity contribution in [1.82, 2.24) is 0 Å². The first-order chi connectivity index (χ1) is 5.93. The van der Waals surface area contributed by atoms with Gasteiger partial charge in [-0.15, -0.1) is 0 Å². The third-order valence-electron chi connectivity index (χ3n) is 1.44. The van der Waals surface area contributed by atoms with Crippen LogP contribution in [-0.2, 0) is 6.18 Å². The fourth-order valence-corrected chi connectivity index (χ4v) is 0.902. The Morgan fingerprint density at radius 3 is 1.71 bits per heavy atom. The van der Waals surface area contributed by atoms with Gasteiger partial charge in [0.2, 0.25) is 0 Å².